The molecule has 0 aliphatic carbocycles. The van der Waals surface area contributed by atoms with Gasteiger partial charge >= 0.3 is 0 Å². The van der Waals surface area contributed by atoms with Gasteiger partial charge in [0, 0.05) is 37.2 Å². The molecule has 1 aromatic heterocycles. The molecule has 1 heterocycles. The van der Waals surface area contributed by atoms with Crippen LogP contribution in [0.25, 0.3) is 17.2 Å². The van der Waals surface area contributed by atoms with Crippen LogP contribution in [0.3, 0.4) is 0 Å². The van der Waals surface area contributed by atoms with Gasteiger partial charge in [0.1, 0.15) is 0 Å². The lowest BCUT2D eigenvalue weighted by Gasteiger charge is -2.22. The predicted octanol–water partition coefficient (Wildman–Crippen LogP) is 5.05. The van der Waals surface area contributed by atoms with Crippen molar-refractivity contribution in [3.8, 4) is 11.1 Å². The summed E-state index contributed by atoms with van der Waals surface area (Å²) in [5.74, 6) is -0.143. The van der Waals surface area contributed by atoms with Crippen LogP contribution in [0.2, 0.25) is 0 Å². The van der Waals surface area contributed by atoms with E-state index in [0.29, 0.717) is 17.7 Å². The number of benzene rings is 3. The SMILES string of the molecule is C=Cc1ccc([C@@H](C/C(=N\O)c2ccc(=O)n(C)c2)c2ccc(-c3ccc(S(N)(=O)=O)cc3)cc2)c(C)c1. The number of hydrogen-bond donors (Lipinski definition) is 2. The second-order valence-corrected chi connectivity index (χ2v) is 10.7. The van der Waals surface area contributed by atoms with Crippen molar-refractivity contribution in [3.05, 3.63) is 130 Å². The molecule has 0 saturated carbocycles. The van der Waals surface area contributed by atoms with Crippen molar-refractivity contribution in [1.82, 2.24) is 4.57 Å². The molecule has 0 unspecified atom stereocenters. The fourth-order valence-electron chi connectivity index (χ4n) is 4.54. The fraction of sp³-hybridized carbons (Fsp3) is 0.133. The van der Waals surface area contributed by atoms with Crippen molar-refractivity contribution in [2.75, 3.05) is 0 Å². The number of nitrogens with zero attached hydrogens (tertiary/aromatic N) is 2. The van der Waals surface area contributed by atoms with Crippen LogP contribution in [0.1, 0.15) is 40.2 Å². The Balaban J connectivity index is 1.74. The van der Waals surface area contributed by atoms with Gasteiger partial charge in [0.15, 0.2) is 0 Å². The first-order chi connectivity index (χ1) is 18.1. The standard InChI is InChI=1S/C30H29N3O4S/c1-4-21-5-15-27(20(2)17-21)28(18-29(32-35)25-12-16-30(34)33(3)19-25)24-8-6-22(7-9-24)23-10-13-26(14-11-23)38(31,36)37/h4-17,19,28,35H,1,18H2,2-3H3,(H2,31,36,37)/b32-29+/t28-/m0/s1. The third-order valence-electron chi connectivity index (χ3n) is 6.67. The van der Waals surface area contributed by atoms with E-state index >= 15 is 0 Å². The number of nitrogens with two attached hydrogens (primary N) is 1. The van der Waals surface area contributed by atoms with Gasteiger partial charge in [-0.2, -0.15) is 0 Å². The maximum atomic E-state index is 11.9. The molecule has 4 rings (SSSR count). The van der Waals surface area contributed by atoms with E-state index < -0.39 is 10.0 Å². The fourth-order valence-corrected chi connectivity index (χ4v) is 5.06. The number of aryl methyl sites for hydroxylation is 2. The number of pyridine rings is 1. The van der Waals surface area contributed by atoms with E-state index in [2.05, 4.69) is 23.9 Å². The largest absolute Gasteiger partial charge is 0.411 e. The van der Waals surface area contributed by atoms with Crippen LogP contribution in [0.15, 0.2) is 106 Å². The van der Waals surface area contributed by atoms with Gasteiger partial charge in [-0.15, -0.1) is 0 Å². The molecule has 38 heavy (non-hydrogen) atoms. The monoisotopic (exact) mass is 527 g/mol. The molecule has 0 bridgehead atoms. The molecule has 0 spiro atoms. The van der Waals surface area contributed by atoms with Crippen molar-refractivity contribution in [1.29, 1.82) is 0 Å². The van der Waals surface area contributed by atoms with Gasteiger partial charge < -0.3 is 9.77 Å². The zero-order chi connectivity index (χ0) is 27.4. The van der Waals surface area contributed by atoms with E-state index in [1.165, 1.54) is 22.8 Å². The molecular formula is C30H29N3O4S. The van der Waals surface area contributed by atoms with E-state index in [1.807, 2.05) is 37.3 Å². The Morgan fingerprint density at radius 1 is 1.03 bits per heavy atom. The second kappa shape index (κ2) is 11.0. The Kier molecular flexibility index (Phi) is 7.75. The second-order valence-electron chi connectivity index (χ2n) is 9.18. The van der Waals surface area contributed by atoms with E-state index in [-0.39, 0.29) is 16.4 Å². The van der Waals surface area contributed by atoms with Gasteiger partial charge in [-0.25, -0.2) is 13.6 Å². The molecule has 3 N–H and O–H groups in total. The highest BCUT2D eigenvalue weighted by Crippen LogP contribution is 2.34. The molecular weight excluding hydrogens is 498 g/mol. The molecule has 0 aliphatic rings. The average molecular weight is 528 g/mol. The Bertz CT molecular complexity index is 1670. The first-order valence-corrected chi connectivity index (χ1v) is 13.5. The van der Waals surface area contributed by atoms with Crippen LogP contribution in [0.4, 0.5) is 0 Å². The van der Waals surface area contributed by atoms with E-state index in [0.717, 1.165) is 33.4 Å². The first kappa shape index (κ1) is 26.8. The van der Waals surface area contributed by atoms with Crippen LogP contribution in [0, 0.1) is 6.92 Å². The van der Waals surface area contributed by atoms with Crippen LogP contribution in [-0.4, -0.2) is 23.9 Å². The first-order valence-electron chi connectivity index (χ1n) is 11.9. The van der Waals surface area contributed by atoms with Crippen molar-refractivity contribution in [2.24, 2.45) is 17.3 Å². The molecule has 0 amide bonds. The highest BCUT2D eigenvalue weighted by atomic mass is 32.2. The molecule has 1 atom stereocenters. The Hall–Kier alpha value is -4.27. The lowest BCUT2D eigenvalue weighted by atomic mass is 9.82. The Morgan fingerprint density at radius 2 is 1.66 bits per heavy atom. The Labute approximate surface area is 222 Å². The van der Waals surface area contributed by atoms with Crippen molar-refractivity contribution in [2.45, 2.75) is 24.2 Å². The molecule has 7 nitrogen and oxygen atoms in total. The maximum absolute atomic E-state index is 11.9. The number of oxime groups is 1. The van der Waals surface area contributed by atoms with Gasteiger partial charge in [-0.1, -0.05) is 72.4 Å². The summed E-state index contributed by atoms with van der Waals surface area (Å²) in [7, 11) is -2.10. The Morgan fingerprint density at radius 3 is 2.18 bits per heavy atom. The van der Waals surface area contributed by atoms with Crippen molar-refractivity contribution < 1.29 is 13.6 Å². The molecule has 194 valence electrons. The van der Waals surface area contributed by atoms with E-state index in [9.17, 15) is 18.4 Å². The van der Waals surface area contributed by atoms with Crippen LogP contribution >= 0.6 is 0 Å². The minimum atomic E-state index is -3.76. The number of hydrogen-bond acceptors (Lipinski definition) is 5. The topological polar surface area (TPSA) is 115 Å². The zero-order valence-corrected chi connectivity index (χ0v) is 22.0. The summed E-state index contributed by atoms with van der Waals surface area (Å²) < 4.78 is 24.6. The van der Waals surface area contributed by atoms with E-state index in [4.69, 9.17) is 5.14 Å². The normalized spacial score (nSPS) is 12.8. The summed E-state index contributed by atoms with van der Waals surface area (Å²) in [6, 6.07) is 23.7. The average Bonchev–Trinajstić information content (AvgIpc) is 2.91. The third kappa shape index (κ3) is 5.82. The third-order valence-corrected chi connectivity index (χ3v) is 7.60. The van der Waals surface area contributed by atoms with Crippen molar-refractivity contribution >= 4 is 21.8 Å². The van der Waals surface area contributed by atoms with Gasteiger partial charge in [-0.3, -0.25) is 4.79 Å². The van der Waals surface area contributed by atoms with Gasteiger partial charge in [0.2, 0.25) is 15.6 Å². The zero-order valence-electron chi connectivity index (χ0n) is 21.2. The molecule has 4 aromatic rings. The summed E-state index contributed by atoms with van der Waals surface area (Å²) in [6.45, 7) is 5.90. The van der Waals surface area contributed by atoms with Crippen LogP contribution in [0.5, 0.6) is 0 Å². The minimum Gasteiger partial charge on any atom is -0.411 e. The minimum absolute atomic E-state index is 0.0608. The summed E-state index contributed by atoms with van der Waals surface area (Å²) in [5, 5.41) is 18.8. The van der Waals surface area contributed by atoms with Gasteiger partial charge in [-0.05, 0) is 58.5 Å². The molecule has 0 fully saturated rings. The van der Waals surface area contributed by atoms with Gasteiger partial charge in [0.25, 0.3) is 0 Å². The smallest absolute Gasteiger partial charge is 0.250 e. The summed E-state index contributed by atoms with van der Waals surface area (Å²) >= 11 is 0. The quantitative estimate of drug-likeness (QED) is 0.189. The van der Waals surface area contributed by atoms with Crippen LogP contribution < -0.4 is 10.7 Å². The summed E-state index contributed by atoms with van der Waals surface area (Å²) in [4.78, 5) is 11.9. The number of primary sulfonamides is 1. The highest BCUT2D eigenvalue weighted by Gasteiger charge is 2.21. The molecule has 3 aromatic carbocycles. The molecule has 8 heteroatoms. The lowest BCUT2D eigenvalue weighted by molar-refractivity contribution is 0.317. The summed E-state index contributed by atoms with van der Waals surface area (Å²) in [5.41, 5.74) is 6.92. The van der Waals surface area contributed by atoms with E-state index in [1.54, 1.807) is 37.5 Å². The van der Waals surface area contributed by atoms with Gasteiger partial charge in [0.05, 0.1) is 10.6 Å². The number of rotatable bonds is 8. The predicted molar refractivity (Wildman–Crippen MR) is 151 cm³/mol. The molecule has 0 radical (unpaired) electrons. The van der Waals surface area contributed by atoms with Crippen LogP contribution in [-0.2, 0) is 17.1 Å². The summed E-state index contributed by atoms with van der Waals surface area (Å²) in [6.07, 6.45) is 3.86. The molecule has 0 aliphatic heterocycles. The molecule has 0 saturated heterocycles. The number of aromatic nitrogens is 1. The lowest BCUT2D eigenvalue weighted by Crippen LogP contribution is -2.18. The maximum Gasteiger partial charge on any atom is 0.250 e. The number of sulfonamides is 1. The highest BCUT2D eigenvalue weighted by molar-refractivity contribution is 7.89. The van der Waals surface area contributed by atoms with Crippen molar-refractivity contribution in [3.63, 3.8) is 0 Å².